The maximum atomic E-state index is 12.6. The number of hydrogen-bond donors (Lipinski definition) is 0. The van der Waals surface area contributed by atoms with Gasteiger partial charge in [0.05, 0.1) is 22.3 Å². The van der Waals surface area contributed by atoms with E-state index in [4.69, 9.17) is 0 Å². The van der Waals surface area contributed by atoms with E-state index < -0.39 is 0 Å². The summed E-state index contributed by atoms with van der Waals surface area (Å²) in [4.78, 5) is 53.1. The Morgan fingerprint density at radius 2 is 1.00 bits per heavy atom. The van der Waals surface area contributed by atoms with Gasteiger partial charge in [-0.25, -0.2) is 0 Å². The number of aryl methyl sites for hydroxylation is 1. The number of rotatable bonds is 15. The van der Waals surface area contributed by atoms with Crippen LogP contribution in [0.25, 0.3) is 10.2 Å². The summed E-state index contributed by atoms with van der Waals surface area (Å²) in [6.07, 6.45) is 7.82. The van der Waals surface area contributed by atoms with E-state index in [0.29, 0.717) is 35.3 Å². The van der Waals surface area contributed by atoms with Crippen LogP contribution in [-0.4, -0.2) is 52.3 Å². The predicted molar refractivity (Wildman–Crippen MR) is 173 cm³/mol. The average Bonchev–Trinajstić information content (AvgIpc) is 3.61. The normalized spacial score (nSPS) is 14.3. The monoisotopic (exact) mass is 626 g/mol. The first-order valence-electron chi connectivity index (χ1n) is 15.5. The average molecular weight is 627 g/mol. The van der Waals surface area contributed by atoms with Crippen LogP contribution in [0.3, 0.4) is 0 Å². The van der Waals surface area contributed by atoms with Crippen molar-refractivity contribution >= 4 is 56.9 Å². The van der Waals surface area contributed by atoms with Gasteiger partial charge in [-0.05, 0) is 67.8 Å². The highest BCUT2D eigenvalue weighted by Gasteiger charge is 2.35. The van der Waals surface area contributed by atoms with Gasteiger partial charge in [0.2, 0.25) is 5.52 Å². The molecule has 2 aliphatic rings. The van der Waals surface area contributed by atoms with Crippen molar-refractivity contribution in [3.05, 3.63) is 95.1 Å². The molecule has 6 rings (SSSR count). The second-order valence-electron chi connectivity index (χ2n) is 11.3. The van der Waals surface area contributed by atoms with Crippen molar-refractivity contribution in [2.45, 2.75) is 62.3 Å². The third-order valence-electron chi connectivity index (χ3n) is 8.35. The zero-order valence-electron chi connectivity index (χ0n) is 24.7. The van der Waals surface area contributed by atoms with Gasteiger partial charge in [-0.3, -0.25) is 29.0 Å². The Morgan fingerprint density at radius 1 is 0.545 bits per heavy atom. The van der Waals surface area contributed by atoms with Gasteiger partial charge in [-0.15, -0.1) is 0 Å². The lowest BCUT2D eigenvalue weighted by molar-refractivity contribution is -0.702. The van der Waals surface area contributed by atoms with Crippen LogP contribution in [0.2, 0.25) is 0 Å². The number of fused-ring (bicyclic) bond motifs is 3. The van der Waals surface area contributed by atoms with Crippen LogP contribution in [0, 0.1) is 0 Å². The number of unbranched alkanes of at least 4 members (excludes halogenated alkanes) is 6. The number of amides is 4. The molecule has 0 saturated carbocycles. The van der Waals surface area contributed by atoms with Crippen LogP contribution >= 0.6 is 23.1 Å². The number of hydrogen-bond acceptors (Lipinski definition) is 6. The van der Waals surface area contributed by atoms with Crippen molar-refractivity contribution in [1.29, 1.82) is 0 Å². The number of carbonyl (C=O) groups excluding carboxylic acids is 4. The van der Waals surface area contributed by atoms with E-state index in [-0.39, 0.29) is 23.6 Å². The molecule has 44 heavy (non-hydrogen) atoms. The summed E-state index contributed by atoms with van der Waals surface area (Å²) in [5, 5.41) is 0. The quantitative estimate of drug-likeness (QED) is 0.0615. The van der Waals surface area contributed by atoms with Gasteiger partial charge in [-0.1, -0.05) is 67.0 Å². The summed E-state index contributed by atoms with van der Waals surface area (Å²) in [6, 6.07) is 22.7. The first kappa shape index (κ1) is 30.2. The molecule has 0 N–H and O–H groups in total. The van der Waals surface area contributed by atoms with E-state index in [0.717, 1.165) is 63.7 Å². The molecule has 4 aromatic rings. The van der Waals surface area contributed by atoms with Gasteiger partial charge in [0, 0.05) is 31.3 Å². The number of nitrogens with zero attached hydrogens (tertiary/aromatic N) is 3. The molecule has 0 radical (unpaired) electrons. The highest BCUT2D eigenvalue weighted by Crippen LogP contribution is 2.29. The Bertz CT molecular complexity index is 1650. The predicted octanol–water partition coefficient (Wildman–Crippen LogP) is 6.99. The fourth-order valence-corrected chi connectivity index (χ4v) is 8.54. The van der Waals surface area contributed by atoms with Crippen LogP contribution in [0.4, 0.5) is 0 Å². The van der Waals surface area contributed by atoms with Crippen LogP contribution < -0.4 is 4.57 Å². The summed E-state index contributed by atoms with van der Waals surface area (Å²) in [5.41, 5.74) is 3.35. The minimum Gasteiger partial charge on any atom is -0.274 e. The van der Waals surface area contributed by atoms with E-state index in [2.05, 4.69) is 28.8 Å². The molecule has 0 fully saturated rings. The van der Waals surface area contributed by atoms with Crippen molar-refractivity contribution in [2.24, 2.45) is 0 Å². The van der Waals surface area contributed by atoms with E-state index >= 15 is 0 Å². The minimum atomic E-state index is -0.171. The zero-order valence-corrected chi connectivity index (χ0v) is 26.3. The molecular formula is C35H36N3O4S2+. The maximum absolute atomic E-state index is 12.6. The molecule has 3 heterocycles. The van der Waals surface area contributed by atoms with Gasteiger partial charge < -0.3 is 0 Å². The second-order valence-corrected chi connectivity index (χ2v) is 13.7. The lowest BCUT2D eigenvalue weighted by Crippen LogP contribution is -2.34. The molecule has 3 aromatic carbocycles. The number of para-hydroxylation sites is 1. The second kappa shape index (κ2) is 13.9. The molecule has 1 aromatic heterocycles. The number of aromatic nitrogens is 1. The van der Waals surface area contributed by atoms with Crippen molar-refractivity contribution in [2.75, 3.05) is 18.8 Å². The molecule has 226 valence electrons. The first-order valence-corrected chi connectivity index (χ1v) is 17.3. The summed E-state index contributed by atoms with van der Waals surface area (Å²) in [7, 11) is 0. The van der Waals surface area contributed by atoms with Crippen molar-refractivity contribution < 1.29 is 23.7 Å². The summed E-state index contributed by atoms with van der Waals surface area (Å²) >= 11 is 3.75. The van der Waals surface area contributed by atoms with Gasteiger partial charge in [0.15, 0.2) is 6.54 Å². The number of carbonyl (C=O) groups is 4. The van der Waals surface area contributed by atoms with Gasteiger partial charge in [-0.2, -0.15) is 4.57 Å². The van der Waals surface area contributed by atoms with Crippen LogP contribution in [0.15, 0.2) is 77.1 Å². The Balaban J connectivity index is 0.916. The summed E-state index contributed by atoms with van der Waals surface area (Å²) in [5.74, 6) is 0.349. The molecule has 2 aliphatic heterocycles. The van der Waals surface area contributed by atoms with E-state index in [1.807, 2.05) is 23.1 Å². The van der Waals surface area contributed by atoms with E-state index in [1.165, 1.54) is 24.4 Å². The largest absolute Gasteiger partial charge is 0.298 e. The van der Waals surface area contributed by atoms with Gasteiger partial charge >= 0.3 is 0 Å². The molecule has 0 aliphatic carbocycles. The molecule has 7 nitrogen and oxygen atoms in total. The van der Waals surface area contributed by atoms with Crippen molar-refractivity contribution in [1.82, 2.24) is 9.80 Å². The first-order chi connectivity index (χ1) is 21.5. The topological polar surface area (TPSA) is 78.6 Å². The SMILES string of the molecule is O=C1c2ccccc2C(=O)N1CCCCCCSc1sc2ccccc2[n+]1CCCCCCN1C(=O)c2ccccc2C1=O. The molecule has 9 heteroatoms. The van der Waals surface area contributed by atoms with Gasteiger partial charge in [0.1, 0.15) is 4.70 Å². The molecule has 0 unspecified atom stereocenters. The molecule has 0 spiro atoms. The highest BCUT2D eigenvalue weighted by atomic mass is 32.2. The third-order valence-corrected chi connectivity index (χ3v) is 10.9. The lowest BCUT2D eigenvalue weighted by Gasteiger charge is -2.13. The molecular weight excluding hydrogens is 591 g/mol. The summed E-state index contributed by atoms with van der Waals surface area (Å²) < 4.78 is 5.06. The Morgan fingerprint density at radius 3 is 1.55 bits per heavy atom. The number of imide groups is 2. The fourth-order valence-electron chi connectivity index (χ4n) is 6.00. The smallest absolute Gasteiger partial charge is 0.274 e. The van der Waals surface area contributed by atoms with E-state index in [1.54, 1.807) is 48.5 Å². The highest BCUT2D eigenvalue weighted by molar-refractivity contribution is 8.01. The molecule has 4 amide bonds. The zero-order chi connectivity index (χ0) is 30.5. The minimum absolute atomic E-state index is 0.168. The number of thioether (sulfide) groups is 1. The third kappa shape index (κ3) is 6.21. The number of thiazole rings is 1. The van der Waals surface area contributed by atoms with Crippen LogP contribution in [-0.2, 0) is 6.54 Å². The molecule has 0 atom stereocenters. The van der Waals surface area contributed by atoms with Crippen LogP contribution in [0.5, 0.6) is 0 Å². The summed E-state index contributed by atoms with van der Waals surface area (Å²) in [6.45, 7) is 1.90. The van der Waals surface area contributed by atoms with Crippen molar-refractivity contribution in [3.8, 4) is 0 Å². The van der Waals surface area contributed by atoms with E-state index in [9.17, 15) is 19.2 Å². The Kier molecular flexibility index (Phi) is 9.52. The standard InChI is InChI=1S/C35H36N3O4S2/c39-31-25-15-5-6-16-26(25)32(40)37(31)22-12-2-1-11-21-36-29-19-9-10-20-30(29)44-35(36)43-24-14-4-3-13-23-38-33(41)27-17-7-8-18-28(27)34(38)42/h5-10,15-20H,1-4,11-14,21-24H2/q+1. The molecule has 0 bridgehead atoms. The Labute approximate surface area is 265 Å². The maximum Gasteiger partial charge on any atom is 0.298 e. The van der Waals surface area contributed by atoms with Gasteiger partial charge in [0.25, 0.3) is 28.0 Å². The van der Waals surface area contributed by atoms with Crippen LogP contribution in [0.1, 0.15) is 92.8 Å². The fraction of sp³-hybridized carbons (Fsp3) is 0.343. The Hall–Kier alpha value is -3.82. The lowest BCUT2D eigenvalue weighted by atomic mass is 10.1. The van der Waals surface area contributed by atoms with Crippen molar-refractivity contribution in [3.63, 3.8) is 0 Å². The number of benzene rings is 3. The molecule has 0 saturated heterocycles.